The first-order valence-corrected chi connectivity index (χ1v) is 9.76. The van der Waals surface area contributed by atoms with Gasteiger partial charge in [-0.2, -0.15) is 0 Å². The first-order chi connectivity index (χ1) is 12.6. The fourth-order valence-corrected chi connectivity index (χ4v) is 4.56. The van der Waals surface area contributed by atoms with Crippen molar-refractivity contribution in [2.45, 2.75) is 63.8 Å². The van der Waals surface area contributed by atoms with E-state index in [1.165, 1.54) is 7.11 Å². The highest BCUT2D eigenvalue weighted by molar-refractivity contribution is 5.92. The van der Waals surface area contributed by atoms with E-state index in [1.54, 1.807) is 0 Å². The Bertz CT molecular complexity index is 666. The van der Waals surface area contributed by atoms with Crippen LogP contribution in [0, 0.1) is 5.92 Å². The molecule has 7 nitrogen and oxygen atoms in total. The van der Waals surface area contributed by atoms with Crippen LogP contribution in [0.2, 0.25) is 0 Å². The molecule has 0 bridgehead atoms. The molecule has 2 aliphatic rings. The van der Waals surface area contributed by atoms with Crippen LogP contribution >= 0.6 is 24.8 Å². The van der Waals surface area contributed by atoms with Crippen LogP contribution in [-0.2, 0) is 16.0 Å². The van der Waals surface area contributed by atoms with Gasteiger partial charge in [-0.15, -0.1) is 24.8 Å². The Morgan fingerprint density at radius 2 is 1.75 bits per heavy atom. The number of imidazole rings is 1. The summed E-state index contributed by atoms with van der Waals surface area (Å²) in [6, 6.07) is 0.361. The summed E-state index contributed by atoms with van der Waals surface area (Å²) in [6.07, 6.45) is 6.14. The van der Waals surface area contributed by atoms with E-state index in [4.69, 9.17) is 10.5 Å². The van der Waals surface area contributed by atoms with E-state index in [2.05, 4.69) is 21.8 Å². The van der Waals surface area contributed by atoms with Gasteiger partial charge >= 0.3 is 5.97 Å². The number of esters is 1. The number of ether oxygens (including phenoxy) is 1. The van der Waals surface area contributed by atoms with Crippen LogP contribution in [-0.4, -0.2) is 41.6 Å². The van der Waals surface area contributed by atoms with Crippen LogP contribution in [0.1, 0.15) is 79.4 Å². The van der Waals surface area contributed by atoms with Crippen molar-refractivity contribution in [1.29, 1.82) is 0 Å². The highest BCUT2D eigenvalue weighted by Crippen LogP contribution is 2.40. The molecule has 160 valence electrons. The molecule has 0 radical (unpaired) electrons. The van der Waals surface area contributed by atoms with Gasteiger partial charge in [0.25, 0.3) is 5.91 Å². The zero-order valence-electron chi connectivity index (χ0n) is 16.6. The van der Waals surface area contributed by atoms with Gasteiger partial charge in [-0.25, -0.2) is 4.98 Å². The molecule has 1 saturated heterocycles. The average Bonchev–Trinajstić information content (AvgIpc) is 3.08. The second-order valence-electron chi connectivity index (χ2n) is 7.40. The standard InChI is InChI=1S/C19H30N4O3.2ClH/c1-3-15-22-16(18(20)24)17(23(15)14-8-10-21-11-9-14)12-4-6-13(7-5-12)19(25)26-2;;/h12-14,21H,3-11H2,1-2H3,(H2,20,24);2*1H/t12-,13-;;. The summed E-state index contributed by atoms with van der Waals surface area (Å²) in [6.45, 7) is 4.03. The molecule has 2 heterocycles. The molecule has 2 fully saturated rings. The summed E-state index contributed by atoms with van der Waals surface area (Å²) in [5, 5.41) is 3.40. The molecular weight excluding hydrogens is 403 g/mol. The van der Waals surface area contributed by atoms with Gasteiger partial charge in [0, 0.05) is 18.4 Å². The van der Waals surface area contributed by atoms with Crippen molar-refractivity contribution in [3.8, 4) is 0 Å². The summed E-state index contributed by atoms with van der Waals surface area (Å²) in [4.78, 5) is 28.6. The van der Waals surface area contributed by atoms with Crippen LogP contribution in [0.25, 0.3) is 0 Å². The number of nitrogens with one attached hydrogen (secondary N) is 1. The van der Waals surface area contributed by atoms with Crippen LogP contribution in [0.15, 0.2) is 0 Å². The minimum atomic E-state index is -0.447. The summed E-state index contributed by atoms with van der Waals surface area (Å²) in [7, 11) is 1.44. The predicted molar refractivity (Wildman–Crippen MR) is 112 cm³/mol. The lowest BCUT2D eigenvalue weighted by Crippen LogP contribution is -2.32. The van der Waals surface area contributed by atoms with Crippen molar-refractivity contribution in [1.82, 2.24) is 14.9 Å². The molecule has 1 aliphatic heterocycles. The van der Waals surface area contributed by atoms with Gasteiger partial charge < -0.3 is 20.4 Å². The van der Waals surface area contributed by atoms with Gasteiger partial charge in [-0.1, -0.05) is 6.92 Å². The van der Waals surface area contributed by atoms with E-state index in [0.717, 1.165) is 69.6 Å². The third kappa shape index (κ3) is 4.99. The third-order valence-corrected chi connectivity index (χ3v) is 5.89. The number of nitrogens with zero attached hydrogens (tertiary/aromatic N) is 2. The molecule has 3 rings (SSSR count). The molecule has 1 aliphatic carbocycles. The number of amides is 1. The fraction of sp³-hybridized carbons (Fsp3) is 0.737. The highest BCUT2D eigenvalue weighted by Gasteiger charge is 2.34. The number of piperidine rings is 1. The summed E-state index contributed by atoms with van der Waals surface area (Å²) in [5.41, 5.74) is 7.12. The first kappa shape index (κ1) is 24.7. The summed E-state index contributed by atoms with van der Waals surface area (Å²) >= 11 is 0. The number of halogens is 2. The monoisotopic (exact) mass is 434 g/mol. The maximum atomic E-state index is 12.1. The zero-order valence-corrected chi connectivity index (χ0v) is 18.2. The van der Waals surface area contributed by atoms with Gasteiger partial charge in [0.05, 0.1) is 18.7 Å². The number of primary amides is 1. The maximum Gasteiger partial charge on any atom is 0.308 e. The fourth-order valence-electron chi connectivity index (χ4n) is 4.56. The van der Waals surface area contributed by atoms with Crippen LogP contribution in [0.5, 0.6) is 0 Å². The largest absolute Gasteiger partial charge is 0.469 e. The number of carbonyl (C=O) groups is 2. The number of hydrogen-bond donors (Lipinski definition) is 2. The van der Waals surface area contributed by atoms with Crippen molar-refractivity contribution in [3.05, 3.63) is 17.2 Å². The molecule has 9 heteroatoms. The van der Waals surface area contributed by atoms with Crippen molar-refractivity contribution in [3.63, 3.8) is 0 Å². The molecule has 1 saturated carbocycles. The van der Waals surface area contributed by atoms with E-state index in [0.29, 0.717) is 11.7 Å². The number of hydrogen-bond acceptors (Lipinski definition) is 5. The van der Waals surface area contributed by atoms with Crippen molar-refractivity contribution in [2.75, 3.05) is 20.2 Å². The smallest absolute Gasteiger partial charge is 0.308 e. The molecule has 1 amide bonds. The molecule has 0 spiro atoms. The second kappa shape index (κ2) is 11.0. The average molecular weight is 435 g/mol. The normalized spacial score (nSPS) is 22.6. The number of nitrogens with two attached hydrogens (primary N) is 1. The molecular formula is C19H32Cl2N4O3. The van der Waals surface area contributed by atoms with E-state index in [9.17, 15) is 9.59 Å². The van der Waals surface area contributed by atoms with Gasteiger partial charge in [0.1, 0.15) is 11.5 Å². The van der Waals surface area contributed by atoms with Crippen LogP contribution in [0.3, 0.4) is 0 Å². The van der Waals surface area contributed by atoms with Crippen molar-refractivity contribution < 1.29 is 14.3 Å². The second-order valence-corrected chi connectivity index (χ2v) is 7.40. The minimum Gasteiger partial charge on any atom is -0.469 e. The Labute approximate surface area is 179 Å². The highest BCUT2D eigenvalue weighted by atomic mass is 35.5. The Kier molecular flexibility index (Phi) is 9.74. The van der Waals surface area contributed by atoms with E-state index >= 15 is 0 Å². The first-order valence-electron chi connectivity index (χ1n) is 9.76. The zero-order chi connectivity index (χ0) is 18.7. The number of rotatable bonds is 5. The van der Waals surface area contributed by atoms with Crippen LogP contribution < -0.4 is 11.1 Å². The lowest BCUT2D eigenvalue weighted by Gasteiger charge is -2.32. The Morgan fingerprint density at radius 3 is 2.25 bits per heavy atom. The van der Waals surface area contributed by atoms with E-state index < -0.39 is 5.91 Å². The minimum absolute atomic E-state index is 0. The predicted octanol–water partition coefficient (Wildman–Crippen LogP) is 2.76. The van der Waals surface area contributed by atoms with Gasteiger partial charge in [-0.05, 0) is 51.6 Å². The quantitative estimate of drug-likeness (QED) is 0.693. The number of carbonyl (C=O) groups excluding carboxylic acids is 2. The Hall–Kier alpha value is -1.31. The number of aromatic nitrogens is 2. The molecule has 0 atom stereocenters. The van der Waals surface area contributed by atoms with Crippen molar-refractivity contribution in [2.24, 2.45) is 11.7 Å². The number of methoxy groups -OCH3 is 1. The van der Waals surface area contributed by atoms with Crippen LogP contribution in [0.4, 0.5) is 0 Å². The molecule has 0 aromatic carbocycles. The SMILES string of the molecule is CCc1nc(C(N)=O)c([C@H]2CC[C@H](C(=O)OC)CC2)n1C1CCNCC1.Cl.Cl. The third-order valence-electron chi connectivity index (χ3n) is 5.89. The molecule has 0 unspecified atom stereocenters. The van der Waals surface area contributed by atoms with Crippen molar-refractivity contribution >= 4 is 36.7 Å². The van der Waals surface area contributed by atoms with Gasteiger partial charge in [-0.3, -0.25) is 9.59 Å². The van der Waals surface area contributed by atoms with Gasteiger partial charge in [0.2, 0.25) is 0 Å². The number of aryl methyl sites for hydroxylation is 1. The summed E-state index contributed by atoms with van der Waals surface area (Å²) < 4.78 is 7.21. The molecule has 28 heavy (non-hydrogen) atoms. The molecule has 1 aromatic heterocycles. The lowest BCUT2D eigenvalue weighted by atomic mass is 9.79. The topological polar surface area (TPSA) is 99.2 Å². The van der Waals surface area contributed by atoms with E-state index in [1.807, 2.05) is 0 Å². The van der Waals surface area contributed by atoms with Gasteiger partial charge in [0.15, 0.2) is 0 Å². The van der Waals surface area contributed by atoms with E-state index in [-0.39, 0.29) is 42.6 Å². The maximum absolute atomic E-state index is 12.1. The Balaban J connectivity index is 0.00000196. The Morgan fingerprint density at radius 1 is 1.14 bits per heavy atom. The lowest BCUT2D eigenvalue weighted by molar-refractivity contribution is -0.146. The summed E-state index contributed by atoms with van der Waals surface area (Å²) in [5.74, 6) is 0.572. The molecule has 1 aromatic rings. The molecule has 3 N–H and O–H groups in total.